The van der Waals surface area contributed by atoms with Gasteiger partial charge in [0.15, 0.2) is 0 Å². The molecule has 118 valence electrons. The van der Waals surface area contributed by atoms with Gasteiger partial charge in [0, 0.05) is 18.8 Å². The summed E-state index contributed by atoms with van der Waals surface area (Å²) in [5.74, 6) is -0.749. The molecule has 0 aliphatic carbocycles. The van der Waals surface area contributed by atoms with Crippen LogP contribution in [0.3, 0.4) is 0 Å². The van der Waals surface area contributed by atoms with E-state index in [4.69, 9.17) is 5.11 Å². The highest BCUT2D eigenvalue weighted by atomic mass is 19.4. The Hall–Kier alpha value is -1.76. The van der Waals surface area contributed by atoms with E-state index in [-0.39, 0.29) is 12.1 Å². The first-order valence-electron chi connectivity index (χ1n) is 6.60. The summed E-state index contributed by atoms with van der Waals surface area (Å²) in [4.78, 5) is 12.9. The van der Waals surface area contributed by atoms with Gasteiger partial charge in [-0.2, -0.15) is 13.2 Å². The number of anilines is 1. The van der Waals surface area contributed by atoms with Crippen molar-refractivity contribution in [1.29, 1.82) is 0 Å². The van der Waals surface area contributed by atoms with E-state index in [1.807, 2.05) is 6.92 Å². The van der Waals surface area contributed by atoms with Crippen LogP contribution in [-0.2, 0) is 0 Å². The molecule has 0 saturated heterocycles. The molecule has 21 heavy (non-hydrogen) atoms. The van der Waals surface area contributed by atoms with Crippen LogP contribution in [0.25, 0.3) is 0 Å². The largest absolute Gasteiger partial charge is 0.406 e. The second-order valence-corrected chi connectivity index (χ2v) is 4.64. The highest BCUT2D eigenvalue weighted by molar-refractivity contribution is 5.99. The van der Waals surface area contributed by atoms with E-state index in [0.29, 0.717) is 17.1 Å². The molecular formula is C14H19F3N2O2. The fourth-order valence-electron chi connectivity index (χ4n) is 1.94. The molecule has 1 aromatic rings. The number of aryl methyl sites for hydroxylation is 1. The zero-order valence-corrected chi connectivity index (χ0v) is 12.0. The van der Waals surface area contributed by atoms with Crippen LogP contribution in [0, 0.1) is 6.92 Å². The van der Waals surface area contributed by atoms with E-state index >= 15 is 0 Å². The van der Waals surface area contributed by atoms with Crippen molar-refractivity contribution in [3.05, 3.63) is 29.3 Å². The van der Waals surface area contributed by atoms with Gasteiger partial charge in [0.2, 0.25) is 0 Å². The highest BCUT2D eigenvalue weighted by Gasteiger charge is 2.33. The smallest absolute Gasteiger partial charge is 0.395 e. The van der Waals surface area contributed by atoms with E-state index in [1.54, 1.807) is 25.1 Å². The Morgan fingerprint density at radius 3 is 2.57 bits per heavy atom. The molecule has 7 heteroatoms. The van der Waals surface area contributed by atoms with Crippen molar-refractivity contribution < 1.29 is 23.1 Å². The van der Waals surface area contributed by atoms with E-state index in [0.717, 1.165) is 5.56 Å². The van der Waals surface area contributed by atoms with Crippen molar-refractivity contribution in [2.24, 2.45) is 0 Å². The van der Waals surface area contributed by atoms with Gasteiger partial charge in [-0.1, -0.05) is 11.6 Å². The van der Waals surface area contributed by atoms with E-state index in [1.165, 1.54) is 0 Å². The number of hydrogen-bond acceptors (Lipinski definition) is 3. The molecule has 0 bridgehead atoms. The lowest BCUT2D eigenvalue weighted by molar-refractivity contribution is -0.141. The lowest BCUT2D eigenvalue weighted by Crippen LogP contribution is -2.41. The number of halogens is 3. The van der Waals surface area contributed by atoms with E-state index in [9.17, 15) is 18.0 Å². The summed E-state index contributed by atoms with van der Waals surface area (Å²) in [6, 6.07) is 4.98. The van der Waals surface area contributed by atoms with Crippen molar-refractivity contribution >= 4 is 11.6 Å². The number of carbonyl (C=O) groups is 1. The molecule has 0 saturated carbocycles. The summed E-state index contributed by atoms with van der Waals surface area (Å²) in [7, 11) is 0. The predicted octanol–water partition coefficient (Wildman–Crippen LogP) is 2.42. The Bertz CT molecular complexity index is 490. The van der Waals surface area contributed by atoms with Gasteiger partial charge in [-0.25, -0.2) is 0 Å². The number of amides is 1. The summed E-state index contributed by atoms with van der Waals surface area (Å²) in [6.07, 6.45) is -4.51. The number of benzene rings is 1. The molecule has 0 aliphatic rings. The number of hydrogen-bond donors (Lipinski definition) is 2. The zero-order chi connectivity index (χ0) is 16.0. The number of nitrogens with zero attached hydrogens (tertiary/aromatic N) is 1. The number of nitrogens with one attached hydrogen (secondary N) is 1. The molecule has 0 spiro atoms. The van der Waals surface area contributed by atoms with Crippen molar-refractivity contribution in [2.75, 3.05) is 31.6 Å². The number of rotatable bonds is 6. The van der Waals surface area contributed by atoms with Gasteiger partial charge in [-0.05, 0) is 26.0 Å². The average molecular weight is 304 g/mol. The zero-order valence-electron chi connectivity index (χ0n) is 12.0. The molecule has 0 aliphatic heterocycles. The van der Waals surface area contributed by atoms with Crippen LogP contribution in [0.15, 0.2) is 18.2 Å². The third kappa shape index (κ3) is 5.26. The Labute approximate surface area is 121 Å². The Balaban J connectivity index is 3.10. The van der Waals surface area contributed by atoms with E-state index in [2.05, 4.69) is 5.32 Å². The minimum absolute atomic E-state index is 0.176. The molecule has 1 rings (SSSR count). The third-order valence-corrected chi connectivity index (χ3v) is 2.80. The van der Waals surface area contributed by atoms with Crippen molar-refractivity contribution in [3.8, 4) is 0 Å². The quantitative estimate of drug-likeness (QED) is 0.848. The first-order chi connectivity index (χ1) is 9.78. The Morgan fingerprint density at radius 2 is 2.05 bits per heavy atom. The van der Waals surface area contributed by atoms with Gasteiger partial charge in [-0.3, -0.25) is 4.79 Å². The first-order valence-corrected chi connectivity index (χ1v) is 6.60. The summed E-state index contributed by atoms with van der Waals surface area (Å²) in [5.41, 5.74) is 1.43. The summed E-state index contributed by atoms with van der Waals surface area (Å²) < 4.78 is 37.6. The monoisotopic (exact) mass is 304 g/mol. The molecule has 0 aromatic heterocycles. The summed E-state index contributed by atoms with van der Waals surface area (Å²) in [5, 5.41) is 11.8. The maximum Gasteiger partial charge on any atom is 0.406 e. The predicted molar refractivity (Wildman–Crippen MR) is 74.4 cm³/mol. The molecule has 0 fully saturated rings. The van der Waals surface area contributed by atoms with E-state index < -0.39 is 25.2 Å². The van der Waals surface area contributed by atoms with Crippen molar-refractivity contribution in [3.63, 3.8) is 0 Å². The average Bonchev–Trinajstić information content (AvgIpc) is 2.38. The number of aliphatic hydroxyl groups is 1. The lowest BCUT2D eigenvalue weighted by atomic mass is 10.1. The SMILES string of the molecule is CCNc1ccc(C)cc1C(=O)N(CCO)CC(F)(F)F. The maximum atomic E-state index is 12.5. The standard InChI is InChI=1S/C14H19F3N2O2/c1-3-18-12-5-4-10(2)8-11(12)13(21)19(6-7-20)9-14(15,16)17/h4-5,8,18,20H,3,6-7,9H2,1-2H3. The normalized spacial score (nSPS) is 11.3. The van der Waals surface area contributed by atoms with Gasteiger partial charge in [0.05, 0.1) is 12.2 Å². The van der Waals surface area contributed by atoms with Crippen LogP contribution in [0.4, 0.5) is 18.9 Å². The topological polar surface area (TPSA) is 52.6 Å². The first kappa shape index (κ1) is 17.3. The summed E-state index contributed by atoms with van der Waals surface area (Å²) >= 11 is 0. The van der Waals surface area contributed by atoms with Crippen LogP contribution < -0.4 is 5.32 Å². The van der Waals surface area contributed by atoms with Crippen molar-refractivity contribution in [2.45, 2.75) is 20.0 Å². The van der Waals surface area contributed by atoms with Crippen LogP contribution in [-0.4, -0.2) is 48.3 Å². The van der Waals surface area contributed by atoms with Gasteiger partial charge in [0.25, 0.3) is 5.91 Å². The maximum absolute atomic E-state index is 12.5. The fourth-order valence-corrected chi connectivity index (χ4v) is 1.94. The van der Waals surface area contributed by atoms with Gasteiger partial charge in [-0.15, -0.1) is 0 Å². The van der Waals surface area contributed by atoms with Crippen molar-refractivity contribution in [1.82, 2.24) is 4.90 Å². The van der Waals surface area contributed by atoms with Crippen LogP contribution in [0.5, 0.6) is 0 Å². The molecule has 0 unspecified atom stereocenters. The number of carbonyl (C=O) groups excluding carboxylic acids is 1. The second kappa shape index (κ2) is 7.31. The Kier molecular flexibility index (Phi) is 6.02. The molecule has 1 aromatic carbocycles. The summed E-state index contributed by atoms with van der Waals surface area (Å²) in [6.45, 7) is 1.86. The molecule has 4 nitrogen and oxygen atoms in total. The van der Waals surface area contributed by atoms with Crippen LogP contribution in [0.1, 0.15) is 22.8 Å². The lowest BCUT2D eigenvalue weighted by Gasteiger charge is -2.24. The van der Waals surface area contributed by atoms with Gasteiger partial charge >= 0.3 is 6.18 Å². The van der Waals surface area contributed by atoms with Crippen LogP contribution >= 0.6 is 0 Å². The Morgan fingerprint density at radius 1 is 1.38 bits per heavy atom. The third-order valence-electron chi connectivity index (χ3n) is 2.80. The molecule has 2 N–H and O–H groups in total. The minimum atomic E-state index is -4.51. The fraction of sp³-hybridized carbons (Fsp3) is 0.500. The highest BCUT2D eigenvalue weighted by Crippen LogP contribution is 2.22. The second-order valence-electron chi connectivity index (χ2n) is 4.64. The number of alkyl halides is 3. The molecule has 0 atom stereocenters. The van der Waals surface area contributed by atoms with Gasteiger partial charge in [0.1, 0.15) is 6.54 Å². The molecule has 0 radical (unpaired) electrons. The number of aliphatic hydroxyl groups excluding tert-OH is 1. The molecular weight excluding hydrogens is 285 g/mol. The minimum Gasteiger partial charge on any atom is -0.395 e. The molecule has 0 heterocycles. The van der Waals surface area contributed by atoms with Crippen LogP contribution in [0.2, 0.25) is 0 Å². The van der Waals surface area contributed by atoms with Gasteiger partial charge < -0.3 is 15.3 Å². The molecule has 1 amide bonds.